The Balaban J connectivity index is 1.26. The number of aryl methyl sites for hydroxylation is 1. The van der Waals surface area contributed by atoms with E-state index in [1.165, 1.54) is 9.08 Å². The Hall–Kier alpha value is -5.84. The van der Waals surface area contributed by atoms with Gasteiger partial charge in [0.05, 0.1) is 53.3 Å². The summed E-state index contributed by atoms with van der Waals surface area (Å²) in [6, 6.07) is 15.6. The molecular formula is C35H34N10O3. The van der Waals surface area contributed by atoms with Gasteiger partial charge in [-0.25, -0.2) is 14.5 Å². The van der Waals surface area contributed by atoms with Gasteiger partial charge in [-0.3, -0.25) is 23.7 Å². The lowest BCUT2D eigenvalue weighted by atomic mass is 10.1. The lowest BCUT2D eigenvalue weighted by molar-refractivity contribution is 0.0382. The molecule has 2 aromatic carbocycles. The van der Waals surface area contributed by atoms with Gasteiger partial charge in [0.2, 0.25) is 0 Å². The molecule has 6 aromatic rings. The Labute approximate surface area is 276 Å². The fraction of sp³-hybridized carbons (Fsp3) is 0.257. The summed E-state index contributed by atoms with van der Waals surface area (Å²) in [7, 11) is 1.92. The molecule has 1 amide bonds. The van der Waals surface area contributed by atoms with Crippen LogP contribution in [0.1, 0.15) is 46.0 Å². The Kier molecular flexibility index (Phi) is 8.41. The number of nitrogens with two attached hydrogens (primary N) is 1. The molecule has 0 radical (unpaired) electrons. The van der Waals surface area contributed by atoms with E-state index in [4.69, 9.17) is 15.5 Å². The van der Waals surface area contributed by atoms with Gasteiger partial charge in [-0.1, -0.05) is 36.1 Å². The molecule has 0 spiro atoms. The van der Waals surface area contributed by atoms with Crippen molar-refractivity contribution in [1.82, 2.24) is 44.1 Å². The van der Waals surface area contributed by atoms with E-state index in [2.05, 4.69) is 37.2 Å². The number of benzene rings is 2. The topological polar surface area (TPSA) is 150 Å². The first-order valence-corrected chi connectivity index (χ1v) is 15.7. The summed E-state index contributed by atoms with van der Waals surface area (Å²) < 4.78 is 10.3. The van der Waals surface area contributed by atoms with Crippen LogP contribution in [0.3, 0.4) is 0 Å². The molecule has 0 saturated carbocycles. The minimum absolute atomic E-state index is 0.0476. The van der Waals surface area contributed by atoms with Crippen molar-refractivity contribution >= 4 is 28.3 Å². The molecule has 13 heteroatoms. The Bertz CT molecular complexity index is 2260. The zero-order valence-corrected chi connectivity index (χ0v) is 26.6. The first-order chi connectivity index (χ1) is 23.4. The van der Waals surface area contributed by atoms with Gasteiger partial charge in [-0.15, -0.1) is 5.10 Å². The SMILES string of the molecule is C[C@H](NC(=O)c1c(N)nn2cccnc12)c1nc2cccc(C#Cc3cnn(C)c3CCN3CCOCC3)c2c(=O)n1-c1ccccc1. The second-order valence-electron chi connectivity index (χ2n) is 11.6. The van der Waals surface area contributed by atoms with Crippen molar-refractivity contribution in [1.29, 1.82) is 0 Å². The number of ether oxygens (including phenoxy) is 1. The summed E-state index contributed by atoms with van der Waals surface area (Å²) >= 11 is 0. The van der Waals surface area contributed by atoms with Gasteiger partial charge in [0.15, 0.2) is 11.5 Å². The van der Waals surface area contributed by atoms with Crippen LogP contribution < -0.4 is 16.6 Å². The van der Waals surface area contributed by atoms with Crippen LogP contribution in [0.15, 0.2) is 78.0 Å². The summed E-state index contributed by atoms with van der Waals surface area (Å²) in [5, 5.41) is 12.0. The number of fused-ring (bicyclic) bond motifs is 2. The van der Waals surface area contributed by atoms with E-state index in [1.807, 2.05) is 54.2 Å². The molecule has 1 atom stereocenters. The molecule has 242 valence electrons. The van der Waals surface area contributed by atoms with Crippen LogP contribution in [0, 0.1) is 11.8 Å². The Morgan fingerprint density at radius 2 is 1.85 bits per heavy atom. The van der Waals surface area contributed by atoms with Gasteiger partial charge in [0.25, 0.3) is 11.5 Å². The number of nitrogens with one attached hydrogen (secondary N) is 1. The number of hydrogen-bond acceptors (Lipinski definition) is 9. The number of rotatable bonds is 7. The molecule has 3 N–H and O–H groups in total. The van der Waals surface area contributed by atoms with Gasteiger partial charge < -0.3 is 15.8 Å². The van der Waals surface area contributed by atoms with Crippen LogP contribution in [0.25, 0.3) is 22.2 Å². The molecule has 13 nitrogen and oxygen atoms in total. The van der Waals surface area contributed by atoms with Crippen LogP contribution in [-0.4, -0.2) is 77.6 Å². The number of para-hydroxylation sites is 1. The molecule has 1 fully saturated rings. The van der Waals surface area contributed by atoms with Crippen LogP contribution in [0.4, 0.5) is 5.82 Å². The number of carbonyl (C=O) groups excluding carboxylic acids is 1. The van der Waals surface area contributed by atoms with Gasteiger partial charge in [-0.2, -0.15) is 5.10 Å². The maximum Gasteiger partial charge on any atom is 0.267 e. The van der Waals surface area contributed by atoms with E-state index >= 15 is 0 Å². The molecule has 0 aliphatic carbocycles. The first kappa shape index (κ1) is 30.8. The molecule has 1 saturated heterocycles. The number of amides is 1. The third-order valence-electron chi connectivity index (χ3n) is 8.48. The fourth-order valence-electron chi connectivity index (χ4n) is 6.01. The van der Waals surface area contributed by atoms with Crippen LogP contribution in [0.5, 0.6) is 0 Å². The molecule has 0 unspecified atom stereocenters. The maximum atomic E-state index is 14.4. The van der Waals surface area contributed by atoms with E-state index in [9.17, 15) is 9.59 Å². The third kappa shape index (κ3) is 5.90. The van der Waals surface area contributed by atoms with Crippen molar-refractivity contribution in [2.24, 2.45) is 7.05 Å². The number of anilines is 1. The lowest BCUT2D eigenvalue weighted by Gasteiger charge is -2.26. The summed E-state index contributed by atoms with van der Waals surface area (Å²) in [5.41, 5.74) is 9.74. The molecule has 48 heavy (non-hydrogen) atoms. The smallest absolute Gasteiger partial charge is 0.267 e. The highest BCUT2D eigenvalue weighted by Crippen LogP contribution is 2.22. The molecule has 0 bridgehead atoms. The van der Waals surface area contributed by atoms with Crippen molar-refractivity contribution in [3.05, 3.63) is 112 Å². The standard InChI is InChI=1S/C35H34N10O3/c1-23(39-34(46)30-31(36)41-44-16-7-15-37-33(30)44)32-40-27-11-6-8-24(29(27)35(47)45(32)26-9-4-3-5-10-26)12-13-25-22-38-42(2)28(25)14-17-43-18-20-48-21-19-43/h3-11,15-16,22-23H,14,17-21H2,1-2H3,(H2,36,41)(H,39,46)/t23-/m0/s1. The molecule has 1 aliphatic heterocycles. The highest BCUT2D eigenvalue weighted by Gasteiger charge is 2.25. The van der Waals surface area contributed by atoms with E-state index < -0.39 is 11.9 Å². The number of nitrogen functional groups attached to an aromatic ring is 1. The lowest BCUT2D eigenvalue weighted by Crippen LogP contribution is -2.37. The van der Waals surface area contributed by atoms with Crippen molar-refractivity contribution in [3.63, 3.8) is 0 Å². The minimum atomic E-state index is -0.702. The minimum Gasteiger partial charge on any atom is -0.381 e. The summed E-state index contributed by atoms with van der Waals surface area (Å²) in [6.45, 7) is 5.96. The second kappa shape index (κ2) is 13.1. The van der Waals surface area contributed by atoms with E-state index in [0.29, 0.717) is 33.6 Å². The van der Waals surface area contributed by atoms with Gasteiger partial charge in [0, 0.05) is 51.1 Å². The summed E-state index contributed by atoms with van der Waals surface area (Å²) in [4.78, 5) is 39.6. The monoisotopic (exact) mass is 642 g/mol. The molecular weight excluding hydrogens is 608 g/mol. The van der Waals surface area contributed by atoms with Crippen LogP contribution >= 0.6 is 0 Å². The predicted octanol–water partition coefficient (Wildman–Crippen LogP) is 2.51. The van der Waals surface area contributed by atoms with Crippen molar-refractivity contribution in [3.8, 4) is 17.5 Å². The van der Waals surface area contributed by atoms with Gasteiger partial charge in [-0.05, 0) is 37.3 Å². The Morgan fingerprint density at radius 3 is 2.67 bits per heavy atom. The summed E-state index contributed by atoms with van der Waals surface area (Å²) in [5.74, 6) is 6.44. The van der Waals surface area contributed by atoms with Crippen LogP contribution in [0.2, 0.25) is 0 Å². The highest BCUT2D eigenvalue weighted by atomic mass is 16.5. The zero-order chi connectivity index (χ0) is 33.2. The highest BCUT2D eigenvalue weighted by molar-refractivity contribution is 6.04. The number of nitrogens with zero attached hydrogens (tertiary/aromatic N) is 8. The molecule has 7 rings (SSSR count). The number of aromatic nitrogens is 7. The van der Waals surface area contributed by atoms with Crippen molar-refractivity contribution in [2.75, 3.05) is 38.6 Å². The quantitative estimate of drug-likeness (QED) is 0.251. The second-order valence-corrected chi connectivity index (χ2v) is 11.6. The summed E-state index contributed by atoms with van der Waals surface area (Å²) in [6.07, 6.45) is 5.79. The van der Waals surface area contributed by atoms with Gasteiger partial charge in [0.1, 0.15) is 11.4 Å². The molecule has 4 aromatic heterocycles. The zero-order valence-electron chi connectivity index (χ0n) is 26.6. The predicted molar refractivity (Wildman–Crippen MR) is 181 cm³/mol. The normalized spacial score (nSPS) is 14.1. The van der Waals surface area contributed by atoms with E-state index in [1.54, 1.807) is 37.6 Å². The number of hydrogen-bond donors (Lipinski definition) is 2. The van der Waals surface area contributed by atoms with E-state index in [-0.39, 0.29) is 16.9 Å². The number of morpholine rings is 1. The average molecular weight is 643 g/mol. The number of carbonyl (C=O) groups is 1. The van der Waals surface area contributed by atoms with E-state index in [0.717, 1.165) is 50.5 Å². The van der Waals surface area contributed by atoms with Crippen LogP contribution in [-0.2, 0) is 18.2 Å². The molecule has 1 aliphatic rings. The third-order valence-corrected chi connectivity index (χ3v) is 8.48. The molecule has 5 heterocycles. The first-order valence-electron chi connectivity index (χ1n) is 15.7. The fourth-order valence-corrected chi connectivity index (χ4v) is 6.01. The average Bonchev–Trinajstić information content (AvgIpc) is 3.64. The van der Waals surface area contributed by atoms with Crippen molar-refractivity contribution < 1.29 is 9.53 Å². The van der Waals surface area contributed by atoms with Gasteiger partial charge >= 0.3 is 0 Å². The Morgan fingerprint density at radius 1 is 1.06 bits per heavy atom. The van der Waals surface area contributed by atoms with Crippen molar-refractivity contribution in [2.45, 2.75) is 19.4 Å². The largest absolute Gasteiger partial charge is 0.381 e. The maximum absolute atomic E-state index is 14.4.